The third-order valence-electron chi connectivity index (χ3n) is 1.47. The molecule has 0 aliphatic heterocycles. The smallest absolute Gasteiger partial charge is 0.426 e. The van der Waals surface area contributed by atoms with Crippen LogP contribution in [0, 0.1) is 0 Å². The molecule has 0 aromatic carbocycles. The molecule has 0 saturated heterocycles. The molecule has 0 radical (unpaired) electrons. The normalized spacial score (nSPS) is 9.62. The monoisotopic (exact) mass is 268 g/mol. The van der Waals surface area contributed by atoms with Crippen molar-refractivity contribution in [1.29, 1.82) is 0 Å². The van der Waals surface area contributed by atoms with E-state index in [0.717, 1.165) is 11.1 Å². The number of rotatable bonds is 3. The van der Waals surface area contributed by atoms with E-state index in [1.54, 1.807) is 20.8 Å². The quantitative estimate of drug-likeness (QED) is 0.631. The molecule has 0 heterocycles. The highest BCUT2D eigenvalue weighted by Crippen LogP contribution is 2.08. The summed E-state index contributed by atoms with van der Waals surface area (Å²) in [7, 11) is 0. The summed E-state index contributed by atoms with van der Waals surface area (Å²) in [4.78, 5) is 22.7. The van der Waals surface area contributed by atoms with Crippen molar-refractivity contribution in [3.63, 3.8) is 0 Å². The van der Waals surface area contributed by atoms with Crippen molar-refractivity contribution >= 4 is 35.2 Å². The summed E-state index contributed by atoms with van der Waals surface area (Å²) in [6.45, 7) is 5.33. The molecule has 0 aliphatic carbocycles. The van der Waals surface area contributed by atoms with Crippen molar-refractivity contribution in [3.8, 4) is 0 Å². The number of halogens is 2. The average molecular weight is 269 g/mol. The lowest BCUT2D eigenvalue weighted by Crippen LogP contribution is -2.49. The first-order chi connectivity index (χ1) is 7.38. The molecule has 2 amide bonds. The molecule has 0 saturated carbocycles. The molecule has 0 atom stereocenters. The molecule has 0 aromatic rings. The van der Waals surface area contributed by atoms with Crippen LogP contribution >= 0.6 is 23.2 Å². The van der Waals surface area contributed by atoms with Crippen LogP contribution in [0.2, 0.25) is 0 Å². The van der Waals surface area contributed by atoms with Gasteiger partial charge in [0.2, 0.25) is 0 Å². The maximum Gasteiger partial charge on any atom is 0.426 e. The van der Waals surface area contributed by atoms with Crippen molar-refractivity contribution in [3.05, 3.63) is 10.6 Å². The fraction of sp³-hybridized carbons (Fsp3) is 0.556. The Morgan fingerprint density at radius 2 is 2.00 bits per heavy atom. The lowest BCUT2D eigenvalue weighted by Gasteiger charge is -2.25. The van der Waals surface area contributed by atoms with Gasteiger partial charge in [0.1, 0.15) is 4.49 Å². The van der Waals surface area contributed by atoms with Crippen molar-refractivity contribution in [2.75, 3.05) is 6.61 Å². The molecule has 0 bridgehead atoms. The highest BCUT2D eigenvalue weighted by Gasteiger charge is 2.18. The molecule has 1 N–H and O–H groups in total. The number of carbonyl (C=O) groups is 2. The van der Waals surface area contributed by atoms with E-state index in [-0.39, 0.29) is 17.1 Å². The zero-order valence-electron chi connectivity index (χ0n) is 9.29. The van der Waals surface area contributed by atoms with Gasteiger partial charge in [-0.15, -0.1) is 0 Å². The van der Waals surface area contributed by atoms with E-state index in [2.05, 4.69) is 10.2 Å². The van der Waals surface area contributed by atoms with Crippen LogP contribution in [0.4, 0.5) is 4.79 Å². The number of carbonyl (C=O) groups excluding carboxylic acids is 2. The second-order valence-corrected chi connectivity index (χ2v) is 4.08. The summed E-state index contributed by atoms with van der Waals surface area (Å²) in [5.74, 6) is -0.525. The maximum atomic E-state index is 11.5. The zero-order valence-corrected chi connectivity index (χ0v) is 10.8. The van der Waals surface area contributed by atoms with Gasteiger partial charge in [-0.2, -0.15) is 0 Å². The van der Waals surface area contributed by atoms with Gasteiger partial charge in [-0.25, -0.2) is 15.2 Å². The zero-order chi connectivity index (χ0) is 12.7. The first-order valence-corrected chi connectivity index (χ1v) is 5.43. The van der Waals surface area contributed by atoms with Gasteiger partial charge in [0.15, 0.2) is 0 Å². The van der Waals surface area contributed by atoms with Crippen LogP contribution < -0.4 is 5.43 Å². The number of hydrogen-bond donors (Lipinski definition) is 1. The van der Waals surface area contributed by atoms with Gasteiger partial charge in [-0.05, 0) is 20.8 Å². The van der Waals surface area contributed by atoms with Crippen molar-refractivity contribution in [1.82, 2.24) is 10.4 Å². The van der Waals surface area contributed by atoms with Crippen molar-refractivity contribution in [2.45, 2.75) is 26.8 Å². The van der Waals surface area contributed by atoms with E-state index in [0.29, 0.717) is 0 Å². The van der Waals surface area contributed by atoms with E-state index in [9.17, 15) is 9.59 Å². The van der Waals surface area contributed by atoms with E-state index in [1.807, 2.05) is 0 Å². The third kappa shape index (κ3) is 5.82. The van der Waals surface area contributed by atoms with Crippen molar-refractivity contribution in [2.24, 2.45) is 0 Å². The molecule has 5 nitrogen and oxygen atoms in total. The Hall–Kier alpha value is -0.940. The fourth-order valence-electron chi connectivity index (χ4n) is 0.863. The summed E-state index contributed by atoms with van der Waals surface area (Å²) in [6, 6.07) is -0.249. The number of ether oxygens (including phenoxy) is 1. The highest BCUT2D eigenvalue weighted by molar-refractivity contribution is 6.56. The molecule has 0 aliphatic rings. The Labute approximate surface area is 104 Å². The lowest BCUT2D eigenvalue weighted by atomic mass is 10.3. The Bertz CT molecular complexity index is 288. The van der Waals surface area contributed by atoms with Crippen LogP contribution in [-0.4, -0.2) is 29.7 Å². The van der Waals surface area contributed by atoms with Crippen LogP contribution in [0.1, 0.15) is 20.8 Å². The number of nitrogens with one attached hydrogen (secondary N) is 1. The number of hydrogen-bond acceptors (Lipinski definition) is 3. The Balaban J connectivity index is 4.56. The van der Waals surface area contributed by atoms with Crippen LogP contribution in [-0.2, 0) is 9.53 Å². The molecule has 0 unspecified atom stereocenters. The topological polar surface area (TPSA) is 58.6 Å². The van der Waals surface area contributed by atoms with Gasteiger partial charge in [0, 0.05) is 12.1 Å². The first-order valence-electron chi connectivity index (χ1n) is 4.67. The molecule has 16 heavy (non-hydrogen) atoms. The van der Waals surface area contributed by atoms with E-state index in [4.69, 9.17) is 23.2 Å². The minimum Gasteiger partial charge on any atom is -0.449 e. The molecule has 0 fully saturated rings. The Morgan fingerprint density at radius 3 is 2.38 bits per heavy atom. The van der Waals surface area contributed by atoms with Crippen LogP contribution in [0.3, 0.4) is 0 Å². The van der Waals surface area contributed by atoms with Gasteiger partial charge in [-0.1, -0.05) is 23.2 Å². The summed E-state index contributed by atoms with van der Waals surface area (Å²) in [5, 5.41) is 1.07. The number of nitrogens with zero attached hydrogens (tertiary/aromatic N) is 1. The summed E-state index contributed by atoms with van der Waals surface area (Å²) >= 11 is 10.7. The SMILES string of the molecule is CCOC(=O)NN(C(=O)C=C(Cl)Cl)C(C)C. The molecular formula is C9H14Cl2N2O3. The van der Waals surface area contributed by atoms with E-state index >= 15 is 0 Å². The van der Waals surface area contributed by atoms with Crippen LogP contribution in [0.5, 0.6) is 0 Å². The van der Waals surface area contributed by atoms with Gasteiger partial charge in [0.05, 0.1) is 6.61 Å². The Kier molecular flexibility index (Phi) is 6.92. The minimum absolute atomic E-state index is 0.179. The molecule has 0 spiro atoms. The van der Waals surface area contributed by atoms with Gasteiger partial charge < -0.3 is 4.74 Å². The predicted molar refractivity (Wildman–Crippen MR) is 61.9 cm³/mol. The lowest BCUT2D eigenvalue weighted by molar-refractivity contribution is -0.130. The van der Waals surface area contributed by atoms with Crippen LogP contribution in [0.25, 0.3) is 0 Å². The second-order valence-electron chi connectivity index (χ2n) is 3.07. The molecular weight excluding hydrogens is 255 g/mol. The van der Waals surface area contributed by atoms with Gasteiger partial charge >= 0.3 is 6.09 Å². The highest BCUT2D eigenvalue weighted by atomic mass is 35.5. The van der Waals surface area contributed by atoms with Crippen molar-refractivity contribution < 1.29 is 14.3 Å². The van der Waals surface area contributed by atoms with E-state index in [1.165, 1.54) is 0 Å². The van der Waals surface area contributed by atoms with Crippen LogP contribution in [0.15, 0.2) is 10.6 Å². The Morgan fingerprint density at radius 1 is 1.44 bits per heavy atom. The van der Waals surface area contributed by atoms with Gasteiger partial charge in [-0.3, -0.25) is 4.79 Å². The standard InChI is InChI=1S/C9H14Cl2N2O3/c1-4-16-9(15)12-13(6(2)3)8(14)5-7(10)11/h5-6H,4H2,1-3H3,(H,12,15). The summed E-state index contributed by atoms with van der Waals surface area (Å²) in [6.07, 6.45) is 0.290. The summed E-state index contributed by atoms with van der Waals surface area (Å²) < 4.78 is 4.47. The molecule has 7 heteroatoms. The predicted octanol–water partition coefficient (Wildman–Crippen LogP) is 2.20. The van der Waals surface area contributed by atoms with E-state index < -0.39 is 12.0 Å². The second kappa shape index (κ2) is 7.35. The first kappa shape index (κ1) is 15.1. The van der Waals surface area contributed by atoms with Gasteiger partial charge in [0.25, 0.3) is 5.91 Å². The fourth-order valence-corrected chi connectivity index (χ4v) is 1.05. The average Bonchev–Trinajstić information content (AvgIpc) is 2.12. The maximum absolute atomic E-state index is 11.5. The number of hydrazine groups is 1. The third-order valence-corrected chi connectivity index (χ3v) is 1.69. The minimum atomic E-state index is -0.705. The summed E-state index contributed by atoms with van der Waals surface area (Å²) in [5.41, 5.74) is 2.28. The molecule has 92 valence electrons. The molecule has 0 rings (SSSR count). The number of amides is 2. The largest absolute Gasteiger partial charge is 0.449 e. The molecule has 0 aromatic heterocycles.